The molecule has 7 nitrogen and oxygen atoms in total. The summed E-state index contributed by atoms with van der Waals surface area (Å²) in [5.41, 5.74) is 4.30. The first-order valence-corrected chi connectivity index (χ1v) is 8.96. The Labute approximate surface area is 155 Å². The van der Waals surface area contributed by atoms with Crippen LogP contribution in [-0.2, 0) is 19.3 Å². The molecule has 0 unspecified atom stereocenters. The van der Waals surface area contributed by atoms with E-state index in [-0.39, 0.29) is 11.5 Å². The number of hydrogen-bond acceptors (Lipinski definition) is 5. The lowest BCUT2D eigenvalue weighted by Crippen LogP contribution is -2.23. The number of nitrogens with zero attached hydrogens (tertiary/aromatic N) is 3. The van der Waals surface area contributed by atoms with Crippen molar-refractivity contribution in [1.29, 1.82) is 0 Å². The van der Waals surface area contributed by atoms with Crippen LogP contribution in [0.5, 0.6) is 0 Å². The van der Waals surface area contributed by atoms with Crippen molar-refractivity contribution in [3.8, 4) is 0 Å². The maximum atomic E-state index is 12.2. The molecule has 0 aliphatic heterocycles. The third kappa shape index (κ3) is 3.76. The molecule has 3 aromatic heterocycles. The van der Waals surface area contributed by atoms with Gasteiger partial charge < -0.3 is 5.32 Å². The molecule has 27 heavy (non-hydrogen) atoms. The molecular formula is C20H19N5O2. The van der Waals surface area contributed by atoms with Gasteiger partial charge in [-0.2, -0.15) is 5.10 Å². The molecule has 1 amide bonds. The summed E-state index contributed by atoms with van der Waals surface area (Å²) in [6.45, 7) is 0. The van der Waals surface area contributed by atoms with Gasteiger partial charge in [0.15, 0.2) is 0 Å². The number of carbonyl (C=O) groups is 1. The number of carbonyl (C=O) groups excluding carboxylic acids is 1. The summed E-state index contributed by atoms with van der Waals surface area (Å²) in [7, 11) is 0. The molecule has 0 aromatic carbocycles. The quantitative estimate of drug-likeness (QED) is 0.742. The van der Waals surface area contributed by atoms with Gasteiger partial charge >= 0.3 is 0 Å². The monoisotopic (exact) mass is 361 g/mol. The van der Waals surface area contributed by atoms with E-state index in [1.165, 1.54) is 0 Å². The summed E-state index contributed by atoms with van der Waals surface area (Å²) in [6.07, 6.45) is 9.32. The zero-order valence-electron chi connectivity index (χ0n) is 14.7. The van der Waals surface area contributed by atoms with Crippen LogP contribution in [0.25, 0.3) is 0 Å². The molecule has 136 valence electrons. The topological polar surface area (TPSA) is 101 Å². The van der Waals surface area contributed by atoms with Gasteiger partial charge in [-0.1, -0.05) is 6.07 Å². The van der Waals surface area contributed by atoms with Gasteiger partial charge in [0.2, 0.25) is 0 Å². The van der Waals surface area contributed by atoms with Crippen LogP contribution in [0.4, 0.5) is 5.82 Å². The molecule has 7 heteroatoms. The third-order valence-electron chi connectivity index (χ3n) is 4.76. The Morgan fingerprint density at radius 1 is 1.07 bits per heavy atom. The Balaban J connectivity index is 1.49. The third-order valence-corrected chi connectivity index (χ3v) is 4.76. The van der Waals surface area contributed by atoms with Crippen LogP contribution in [0.1, 0.15) is 45.6 Å². The average Bonchev–Trinajstić information content (AvgIpc) is 2.72. The van der Waals surface area contributed by atoms with E-state index >= 15 is 0 Å². The molecule has 3 heterocycles. The van der Waals surface area contributed by atoms with Gasteiger partial charge in [-0.15, -0.1) is 0 Å². The number of fused-ring (bicyclic) bond motifs is 1. The van der Waals surface area contributed by atoms with Crippen LogP contribution in [-0.4, -0.2) is 26.1 Å². The lowest BCUT2D eigenvalue weighted by Gasteiger charge is -2.17. The summed E-state index contributed by atoms with van der Waals surface area (Å²) < 4.78 is 0. The average molecular weight is 361 g/mol. The SMILES string of the molecule is O=C(Nc1ccc(Cc2n[nH]c(=O)c3c2CCCC3)cn1)c1ccncc1. The van der Waals surface area contributed by atoms with Gasteiger partial charge in [0, 0.05) is 36.1 Å². The van der Waals surface area contributed by atoms with Crippen molar-refractivity contribution < 1.29 is 4.79 Å². The molecule has 0 atom stereocenters. The largest absolute Gasteiger partial charge is 0.307 e. The summed E-state index contributed by atoms with van der Waals surface area (Å²) >= 11 is 0. The molecule has 4 rings (SSSR count). The van der Waals surface area contributed by atoms with E-state index in [1.807, 2.05) is 6.07 Å². The van der Waals surface area contributed by atoms with Crippen LogP contribution in [0.3, 0.4) is 0 Å². The molecular weight excluding hydrogens is 342 g/mol. The van der Waals surface area contributed by atoms with Gasteiger partial charge in [-0.3, -0.25) is 14.6 Å². The van der Waals surface area contributed by atoms with Crippen molar-refractivity contribution in [3.63, 3.8) is 0 Å². The maximum Gasteiger partial charge on any atom is 0.267 e. The molecule has 0 spiro atoms. The van der Waals surface area contributed by atoms with Crippen LogP contribution < -0.4 is 10.9 Å². The second-order valence-corrected chi connectivity index (χ2v) is 6.58. The fourth-order valence-electron chi connectivity index (χ4n) is 3.36. The zero-order valence-corrected chi connectivity index (χ0v) is 14.7. The number of anilines is 1. The Bertz CT molecular complexity index is 1010. The smallest absolute Gasteiger partial charge is 0.267 e. The lowest BCUT2D eigenvalue weighted by atomic mass is 9.90. The van der Waals surface area contributed by atoms with Crippen LogP contribution in [0.2, 0.25) is 0 Å². The van der Waals surface area contributed by atoms with E-state index in [2.05, 4.69) is 25.5 Å². The second-order valence-electron chi connectivity index (χ2n) is 6.58. The molecule has 0 saturated heterocycles. The fourth-order valence-corrected chi connectivity index (χ4v) is 3.36. The highest BCUT2D eigenvalue weighted by molar-refractivity contribution is 6.03. The maximum absolute atomic E-state index is 12.2. The molecule has 2 N–H and O–H groups in total. The van der Waals surface area contributed by atoms with Crippen molar-refractivity contribution in [1.82, 2.24) is 20.2 Å². The van der Waals surface area contributed by atoms with Gasteiger partial charge in [0.05, 0.1) is 5.69 Å². The highest BCUT2D eigenvalue weighted by atomic mass is 16.1. The van der Waals surface area contributed by atoms with Crippen molar-refractivity contribution in [2.24, 2.45) is 0 Å². The van der Waals surface area contributed by atoms with Gasteiger partial charge in [0.25, 0.3) is 11.5 Å². The normalized spacial score (nSPS) is 13.0. The zero-order chi connectivity index (χ0) is 18.6. The van der Waals surface area contributed by atoms with Crippen molar-refractivity contribution in [3.05, 3.63) is 81.2 Å². The Morgan fingerprint density at radius 2 is 1.85 bits per heavy atom. The summed E-state index contributed by atoms with van der Waals surface area (Å²) in [5, 5.41) is 9.64. The number of aromatic amines is 1. The van der Waals surface area contributed by atoms with E-state index in [9.17, 15) is 9.59 Å². The number of aromatic nitrogens is 4. The number of rotatable bonds is 4. The minimum Gasteiger partial charge on any atom is -0.307 e. The van der Waals surface area contributed by atoms with E-state index < -0.39 is 0 Å². The molecule has 1 aliphatic carbocycles. The van der Waals surface area contributed by atoms with E-state index in [4.69, 9.17) is 0 Å². The highest BCUT2D eigenvalue weighted by Crippen LogP contribution is 2.22. The standard InChI is InChI=1S/C20H19N5O2/c26-19(14-7-9-21-10-8-14)23-18-6-5-13(12-22-18)11-17-15-3-1-2-4-16(15)20(27)25-24-17/h5-10,12H,1-4,11H2,(H,25,27)(H,22,23,26). The number of nitrogens with one attached hydrogen (secondary N) is 2. The summed E-state index contributed by atoms with van der Waals surface area (Å²) in [6, 6.07) is 6.98. The fraction of sp³-hybridized carbons (Fsp3) is 0.250. The van der Waals surface area contributed by atoms with Crippen molar-refractivity contribution in [2.45, 2.75) is 32.1 Å². The highest BCUT2D eigenvalue weighted by Gasteiger charge is 2.18. The van der Waals surface area contributed by atoms with Crippen LogP contribution >= 0.6 is 0 Å². The van der Waals surface area contributed by atoms with Gasteiger partial charge in [-0.05, 0) is 55.0 Å². The van der Waals surface area contributed by atoms with E-state index in [0.29, 0.717) is 17.8 Å². The minimum atomic E-state index is -0.228. The predicted molar refractivity (Wildman–Crippen MR) is 101 cm³/mol. The van der Waals surface area contributed by atoms with Crippen LogP contribution in [0.15, 0.2) is 47.7 Å². The van der Waals surface area contributed by atoms with E-state index in [0.717, 1.165) is 48.1 Å². The first-order chi connectivity index (χ1) is 13.2. The predicted octanol–water partition coefficient (Wildman–Crippen LogP) is 2.28. The number of hydrogen-bond donors (Lipinski definition) is 2. The number of amides is 1. The summed E-state index contributed by atoms with van der Waals surface area (Å²) in [4.78, 5) is 32.3. The molecule has 0 bridgehead atoms. The molecule has 3 aromatic rings. The molecule has 0 saturated carbocycles. The molecule has 0 fully saturated rings. The Morgan fingerprint density at radius 3 is 2.59 bits per heavy atom. The first kappa shape index (κ1) is 17.1. The lowest BCUT2D eigenvalue weighted by molar-refractivity contribution is 0.102. The molecule has 0 radical (unpaired) electrons. The minimum absolute atomic E-state index is 0.0688. The number of pyridine rings is 2. The van der Waals surface area contributed by atoms with Crippen molar-refractivity contribution >= 4 is 11.7 Å². The Hall–Kier alpha value is -3.35. The van der Waals surface area contributed by atoms with E-state index in [1.54, 1.807) is 36.8 Å². The second kappa shape index (κ2) is 7.49. The number of H-pyrrole nitrogens is 1. The molecule has 1 aliphatic rings. The first-order valence-electron chi connectivity index (χ1n) is 8.96. The van der Waals surface area contributed by atoms with Crippen LogP contribution in [0, 0.1) is 0 Å². The summed E-state index contributed by atoms with van der Waals surface area (Å²) in [5.74, 6) is 0.256. The Kier molecular flexibility index (Phi) is 4.74. The van der Waals surface area contributed by atoms with Gasteiger partial charge in [0.1, 0.15) is 5.82 Å². The van der Waals surface area contributed by atoms with Crippen molar-refractivity contribution in [2.75, 3.05) is 5.32 Å². The van der Waals surface area contributed by atoms with Gasteiger partial charge in [-0.25, -0.2) is 10.1 Å².